The van der Waals surface area contributed by atoms with Crippen molar-refractivity contribution in [3.05, 3.63) is 0 Å². The number of hydrogen-bond acceptors (Lipinski definition) is 4. The Morgan fingerprint density at radius 1 is 1.29 bits per heavy atom. The number of carbonyl (C=O) groups is 3. The molecule has 0 radical (unpaired) electrons. The Hall–Kier alpha value is -1.79. The Labute approximate surface area is 123 Å². The Morgan fingerprint density at radius 2 is 1.95 bits per heavy atom. The molecule has 0 spiro atoms. The van der Waals surface area contributed by atoms with Crippen LogP contribution < -0.4 is 0 Å². The molecule has 7 nitrogen and oxygen atoms in total. The minimum atomic E-state index is -0.837. The van der Waals surface area contributed by atoms with Gasteiger partial charge in [-0.25, -0.2) is 4.79 Å². The van der Waals surface area contributed by atoms with Crippen molar-refractivity contribution in [3.63, 3.8) is 0 Å². The fourth-order valence-electron chi connectivity index (χ4n) is 3.00. The van der Waals surface area contributed by atoms with Crippen LogP contribution in [0.15, 0.2) is 0 Å². The number of aliphatic carboxylic acids is 1. The molecule has 2 fully saturated rings. The third kappa shape index (κ3) is 3.65. The number of piperidine rings is 2. The van der Waals surface area contributed by atoms with Crippen LogP contribution in [0.5, 0.6) is 0 Å². The molecule has 1 atom stereocenters. The SMILES string of the molecule is CCOC(=O)N1CCC(N2CC(C(=O)O)CCC2=O)CC1. The minimum absolute atomic E-state index is 0.0297. The molecular weight excluding hydrogens is 276 g/mol. The Balaban J connectivity index is 1.90. The van der Waals surface area contributed by atoms with Crippen molar-refractivity contribution in [2.24, 2.45) is 5.92 Å². The highest BCUT2D eigenvalue weighted by atomic mass is 16.6. The second kappa shape index (κ2) is 6.78. The highest BCUT2D eigenvalue weighted by Crippen LogP contribution is 2.25. The molecule has 2 heterocycles. The largest absolute Gasteiger partial charge is 0.481 e. The second-order valence-corrected chi connectivity index (χ2v) is 5.54. The summed E-state index contributed by atoms with van der Waals surface area (Å²) in [6.07, 6.45) is 1.76. The third-order valence-corrected chi connectivity index (χ3v) is 4.22. The topological polar surface area (TPSA) is 87.2 Å². The summed E-state index contributed by atoms with van der Waals surface area (Å²) in [4.78, 5) is 38.1. The van der Waals surface area contributed by atoms with Crippen LogP contribution in [0.3, 0.4) is 0 Å². The van der Waals surface area contributed by atoms with Gasteiger partial charge in [-0.15, -0.1) is 0 Å². The van der Waals surface area contributed by atoms with E-state index in [-0.39, 0.29) is 24.6 Å². The Morgan fingerprint density at radius 3 is 2.52 bits per heavy atom. The van der Waals surface area contributed by atoms with Crippen molar-refractivity contribution in [2.45, 2.75) is 38.6 Å². The number of nitrogens with zero attached hydrogens (tertiary/aromatic N) is 2. The molecule has 21 heavy (non-hydrogen) atoms. The van der Waals surface area contributed by atoms with E-state index < -0.39 is 11.9 Å². The fourth-order valence-corrected chi connectivity index (χ4v) is 3.00. The number of ether oxygens (including phenoxy) is 1. The number of hydrogen-bond donors (Lipinski definition) is 1. The molecule has 2 aliphatic heterocycles. The molecule has 1 N–H and O–H groups in total. The van der Waals surface area contributed by atoms with Gasteiger partial charge in [0.1, 0.15) is 0 Å². The van der Waals surface area contributed by atoms with Crippen molar-refractivity contribution in [3.8, 4) is 0 Å². The van der Waals surface area contributed by atoms with E-state index in [0.29, 0.717) is 45.4 Å². The van der Waals surface area contributed by atoms with Crippen LogP contribution in [0, 0.1) is 5.92 Å². The molecule has 2 amide bonds. The Bertz CT molecular complexity index is 418. The monoisotopic (exact) mass is 298 g/mol. The molecule has 0 aromatic rings. The molecule has 0 aromatic heterocycles. The van der Waals surface area contributed by atoms with E-state index >= 15 is 0 Å². The van der Waals surface area contributed by atoms with E-state index in [1.165, 1.54) is 0 Å². The summed E-state index contributed by atoms with van der Waals surface area (Å²) in [5.41, 5.74) is 0. The average Bonchev–Trinajstić information content (AvgIpc) is 2.48. The molecule has 2 rings (SSSR count). The average molecular weight is 298 g/mol. The zero-order valence-electron chi connectivity index (χ0n) is 12.3. The Kier molecular flexibility index (Phi) is 5.03. The van der Waals surface area contributed by atoms with E-state index in [1.807, 2.05) is 0 Å². The first kappa shape index (κ1) is 15.6. The zero-order chi connectivity index (χ0) is 15.4. The van der Waals surface area contributed by atoms with Gasteiger partial charge in [-0.2, -0.15) is 0 Å². The van der Waals surface area contributed by atoms with Gasteiger partial charge < -0.3 is 19.6 Å². The van der Waals surface area contributed by atoms with Crippen LogP contribution in [-0.2, 0) is 14.3 Å². The predicted octanol–water partition coefficient (Wildman–Crippen LogP) is 0.930. The number of rotatable bonds is 3. The van der Waals surface area contributed by atoms with Crippen molar-refractivity contribution >= 4 is 18.0 Å². The molecule has 2 aliphatic rings. The van der Waals surface area contributed by atoms with Gasteiger partial charge in [0.15, 0.2) is 0 Å². The van der Waals surface area contributed by atoms with Crippen LogP contribution in [0.1, 0.15) is 32.6 Å². The minimum Gasteiger partial charge on any atom is -0.481 e. The number of likely N-dealkylation sites (tertiary alicyclic amines) is 2. The number of amides is 2. The summed E-state index contributed by atoms with van der Waals surface area (Å²) >= 11 is 0. The molecule has 0 bridgehead atoms. The highest BCUT2D eigenvalue weighted by molar-refractivity contribution is 5.80. The first-order valence-electron chi connectivity index (χ1n) is 7.47. The van der Waals surface area contributed by atoms with Crippen molar-refractivity contribution < 1.29 is 24.2 Å². The van der Waals surface area contributed by atoms with Gasteiger partial charge in [-0.05, 0) is 26.2 Å². The molecular formula is C14H22N2O5. The number of carboxylic acids is 1. The van der Waals surface area contributed by atoms with Gasteiger partial charge in [-0.1, -0.05) is 0 Å². The lowest BCUT2D eigenvalue weighted by molar-refractivity contribution is -0.149. The number of carbonyl (C=O) groups excluding carboxylic acids is 2. The predicted molar refractivity (Wildman–Crippen MR) is 73.7 cm³/mol. The zero-order valence-corrected chi connectivity index (χ0v) is 12.3. The maximum atomic E-state index is 12.0. The van der Waals surface area contributed by atoms with Gasteiger partial charge in [0, 0.05) is 32.1 Å². The summed E-state index contributed by atoms with van der Waals surface area (Å²) in [5.74, 6) is -1.27. The van der Waals surface area contributed by atoms with Gasteiger partial charge in [0.2, 0.25) is 5.91 Å². The third-order valence-electron chi connectivity index (χ3n) is 4.22. The molecule has 0 aliphatic carbocycles. The summed E-state index contributed by atoms with van der Waals surface area (Å²) in [7, 11) is 0. The second-order valence-electron chi connectivity index (χ2n) is 5.54. The molecule has 0 aromatic carbocycles. The van der Waals surface area contributed by atoms with E-state index in [0.717, 1.165) is 0 Å². The van der Waals surface area contributed by atoms with E-state index in [1.54, 1.807) is 16.7 Å². The summed E-state index contributed by atoms with van der Waals surface area (Å²) in [6, 6.07) is 0.0327. The van der Waals surface area contributed by atoms with E-state index in [9.17, 15) is 14.4 Å². The molecule has 118 valence electrons. The van der Waals surface area contributed by atoms with E-state index in [4.69, 9.17) is 9.84 Å². The lowest BCUT2D eigenvalue weighted by Gasteiger charge is -2.41. The highest BCUT2D eigenvalue weighted by Gasteiger charge is 2.36. The van der Waals surface area contributed by atoms with Gasteiger partial charge >= 0.3 is 12.1 Å². The number of carboxylic acid groups (broad SMARTS) is 1. The molecule has 0 saturated carbocycles. The van der Waals surface area contributed by atoms with Crippen LogP contribution >= 0.6 is 0 Å². The smallest absolute Gasteiger partial charge is 0.409 e. The van der Waals surface area contributed by atoms with Gasteiger partial charge in [0.25, 0.3) is 0 Å². The first-order valence-corrected chi connectivity index (χ1v) is 7.47. The maximum absolute atomic E-state index is 12.0. The molecule has 2 saturated heterocycles. The molecule has 7 heteroatoms. The first-order chi connectivity index (χ1) is 10.0. The van der Waals surface area contributed by atoms with Gasteiger partial charge in [0.05, 0.1) is 12.5 Å². The van der Waals surface area contributed by atoms with Crippen LogP contribution in [0.4, 0.5) is 4.79 Å². The molecule has 1 unspecified atom stereocenters. The van der Waals surface area contributed by atoms with Crippen molar-refractivity contribution in [1.29, 1.82) is 0 Å². The van der Waals surface area contributed by atoms with Crippen LogP contribution in [0.2, 0.25) is 0 Å². The van der Waals surface area contributed by atoms with E-state index in [2.05, 4.69) is 0 Å². The fraction of sp³-hybridized carbons (Fsp3) is 0.786. The van der Waals surface area contributed by atoms with Crippen LogP contribution in [-0.4, -0.2) is 65.2 Å². The summed E-state index contributed by atoms with van der Waals surface area (Å²) in [5, 5.41) is 9.11. The normalized spacial score (nSPS) is 24.0. The van der Waals surface area contributed by atoms with Gasteiger partial charge in [-0.3, -0.25) is 9.59 Å². The maximum Gasteiger partial charge on any atom is 0.409 e. The summed E-state index contributed by atoms with van der Waals surface area (Å²) in [6.45, 7) is 3.50. The lowest BCUT2D eigenvalue weighted by Crippen LogP contribution is -2.52. The van der Waals surface area contributed by atoms with Crippen molar-refractivity contribution in [1.82, 2.24) is 9.80 Å². The standard InChI is InChI=1S/C14H22N2O5/c1-2-21-14(20)15-7-5-11(6-8-15)16-9-10(13(18)19)3-4-12(16)17/h10-11H,2-9H2,1H3,(H,18,19). The lowest BCUT2D eigenvalue weighted by atomic mass is 9.93. The van der Waals surface area contributed by atoms with Crippen molar-refractivity contribution in [2.75, 3.05) is 26.2 Å². The summed E-state index contributed by atoms with van der Waals surface area (Å²) < 4.78 is 4.96. The quantitative estimate of drug-likeness (QED) is 0.837. The van der Waals surface area contributed by atoms with Crippen LogP contribution in [0.25, 0.3) is 0 Å².